The van der Waals surface area contributed by atoms with Gasteiger partial charge in [0.05, 0.1) is 18.4 Å². The number of rotatable bonds is 3. The molecule has 3 atom stereocenters. The molecule has 2 aliphatic carbocycles. The predicted molar refractivity (Wildman–Crippen MR) is 83.8 cm³/mol. The SMILES string of the molecule is COc1nc(CCN)nc2c1CCC1C(C)C(=O)C(C#N)=CC21. The Morgan fingerprint density at radius 2 is 2.26 bits per heavy atom. The lowest BCUT2D eigenvalue weighted by Gasteiger charge is -2.37. The van der Waals surface area contributed by atoms with Crippen LogP contribution >= 0.6 is 0 Å². The number of nitrogens with zero attached hydrogens (tertiary/aromatic N) is 3. The first-order chi connectivity index (χ1) is 11.1. The lowest BCUT2D eigenvalue weighted by Crippen LogP contribution is -2.35. The fraction of sp³-hybridized carbons (Fsp3) is 0.529. The molecule has 2 aliphatic rings. The van der Waals surface area contributed by atoms with E-state index in [1.54, 1.807) is 13.2 Å². The first kappa shape index (κ1) is 15.6. The van der Waals surface area contributed by atoms with E-state index >= 15 is 0 Å². The molecule has 0 aromatic carbocycles. The molecule has 1 heterocycles. The van der Waals surface area contributed by atoms with Gasteiger partial charge in [-0.1, -0.05) is 13.0 Å². The van der Waals surface area contributed by atoms with Crippen LogP contribution in [0.3, 0.4) is 0 Å². The summed E-state index contributed by atoms with van der Waals surface area (Å²) in [6, 6.07) is 2.03. The molecule has 3 rings (SSSR count). The van der Waals surface area contributed by atoms with Crippen molar-refractivity contribution in [3.8, 4) is 11.9 Å². The van der Waals surface area contributed by atoms with Crippen molar-refractivity contribution in [2.45, 2.75) is 32.1 Å². The van der Waals surface area contributed by atoms with Gasteiger partial charge in [-0.05, 0) is 25.3 Å². The largest absolute Gasteiger partial charge is 0.481 e. The Kier molecular flexibility index (Phi) is 4.14. The monoisotopic (exact) mass is 312 g/mol. The maximum absolute atomic E-state index is 12.3. The molecule has 6 nitrogen and oxygen atoms in total. The summed E-state index contributed by atoms with van der Waals surface area (Å²) in [6.07, 6.45) is 4.01. The van der Waals surface area contributed by atoms with Crippen molar-refractivity contribution in [3.63, 3.8) is 0 Å². The van der Waals surface area contributed by atoms with Gasteiger partial charge in [0.2, 0.25) is 5.88 Å². The highest BCUT2D eigenvalue weighted by atomic mass is 16.5. The molecule has 0 radical (unpaired) electrons. The van der Waals surface area contributed by atoms with E-state index in [-0.39, 0.29) is 29.1 Å². The molecule has 6 heteroatoms. The Morgan fingerprint density at radius 3 is 2.91 bits per heavy atom. The molecule has 1 aromatic rings. The molecule has 1 aromatic heterocycles. The number of aromatic nitrogens is 2. The molecule has 0 bridgehead atoms. The van der Waals surface area contributed by atoms with Crippen molar-refractivity contribution >= 4 is 5.78 Å². The third-order valence-electron chi connectivity index (χ3n) is 4.90. The van der Waals surface area contributed by atoms with E-state index in [4.69, 9.17) is 10.5 Å². The van der Waals surface area contributed by atoms with Crippen LogP contribution in [0, 0.1) is 23.2 Å². The molecule has 120 valence electrons. The Labute approximate surface area is 135 Å². The van der Waals surface area contributed by atoms with E-state index in [1.165, 1.54) is 0 Å². The molecule has 0 fully saturated rings. The van der Waals surface area contributed by atoms with E-state index in [0.29, 0.717) is 24.7 Å². The van der Waals surface area contributed by atoms with E-state index in [0.717, 1.165) is 24.1 Å². The number of carbonyl (C=O) groups excluding carboxylic acids is 1. The Morgan fingerprint density at radius 1 is 1.48 bits per heavy atom. The highest BCUT2D eigenvalue weighted by Gasteiger charge is 2.42. The van der Waals surface area contributed by atoms with Crippen LogP contribution in [0.1, 0.15) is 36.3 Å². The van der Waals surface area contributed by atoms with Gasteiger partial charge in [-0.2, -0.15) is 10.2 Å². The molecular formula is C17H20N4O2. The fourth-order valence-corrected chi connectivity index (χ4v) is 3.70. The van der Waals surface area contributed by atoms with Gasteiger partial charge in [-0.3, -0.25) is 4.79 Å². The fourth-order valence-electron chi connectivity index (χ4n) is 3.70. The second-order valence-electron chi connectivity index (χ2n) is 6.12. The zero-order valence-electron chi connectivity index (χ0n) is 13.4. The van der Waals surface area contributed by atoms with Crippen molar-refractivity contribution in [3.05, 3.63) is 28.7 Å². The highest BCUT2D eigenvalue weighted by molar-refractivity contribution is 6.01. The number of hydrogen-bond donors (Lipinski definition) is 1. The average molecular weight is 312 g/mol. The summed E-state index contributed by atoms with van der Waals surface area (Å²) in [4.78, 5) is 21.4. The van der Waals surface area contributed by atoms with Crippen LogP contribution in [0.15, 0.2) is 11.6 Å². The summed E-state index contributed by atoms with van der Waals surface area (Å²) in [6.45, 7) is 2.37. The lowest BCUT2D eigenvalue weighted by molar-refractivity contribution is -0.120. The molecule has 0 spiro atoms. The van der Waals surface area contributed by atoms with E-state index in [2.05, 4.69) is 9.97 Å². The highest BCUT2D eigenvalue weighted by Crippen LogP contribution is 2.46. The predicted octanol–water partition coefficient (Wildman–Crippen LogP) is 1.30. The van der Waals surface area contributed by atoms with Gasteiger partial charge in [0.25, 0.3) is 0 Å². The smallest absolute Gasteiger partial charge is 0.219 e. The van der Waals surface area contributed by atoms with Crippen LogP contribution in [0.25, 0.3) is 0 Å². The third-order valence-corrected chi connectivity index (χ3v) is 4.90. The van der Waals surface area contributed by atoms with Crippen molar-refractivity contribution in [1.82, 2.24) is 9.97 Å². The van der Waals surface area contributed by atoms with Crippen LogP contribution in [0.4, 0.5) is 0 Å². The van der Waals surface area contributed by atoms with Gasteiger partial charge >= 0.3 is 0 Å². The summed E-state index contributed by atoms with van der Waals surface area (Å²) in [7, 11) is 1.60. The minimum absolute atomic E-state index is 0.0328. The zero-order valence-corrected chi connectivity index (χ0v) is 13.4. The maximum atomic E-state index is 12.3. The van der Waals surface area contributed by atoms with Crippen molar-refractivity contribution in [2.75, 3.05) is 13.7 Å². The number of carbonyl (C=O) groups is 1. The summed E-state index contributed by atoms with van der Waals surface area (Å²) in [5.74, 6) is 1.17. The quantitative estimate of drug-likeness (QED) is 0.902. The zero-order chi connectivity index (χ0) is 16.6. The van der Waals surface area contributed by atoms with Gasteiger partial charge in [-0.25, -0.2) is 4.98 Å². The summed E-state index contributed by atoms with van der Waals surface area (Å²) >= 11 is 0. The molecule has 3 unspecified atom stereocenters. The van der Waals surface area contributed by atoms with Crippen LogP contribution in [-0.2, 0) is 17.6 Å². The number of Topliss-reactive ketones (excluding diaryl/α,β-unsaturated/α-hetero) is 1. The minimum atomic E-state index is -0.160. The van der Waals surface area contributed by atoms with Gasteiger partial charge in [-0.15, -0.1) is 0 Å². The van der Waals surface area contributed by atoms with Gasteiger partial charge in [0, 0.05) is 23.8 Å². The lowest BCUT2D eigenvalue weighted by atomic mass is 9.66. The maximum Gasteiger partial charge on any atom is 0.219 e. The molecule has 0 saturated carbocycles. The number of ketones is 1. The Bertz CT molecular complexity index is 720. The molecular weight excluding hydrogens is 292 g/mol. The molecule has 0 aliphatic heterocycles. The van der Waals surface area contributed by atoms with Crippen LogP contribution in [0.2, 0.25) is 0 Å². The summed E-state index contributed by atoms with van der Waals surface area (Å²) in [5.41, 5.74) is 7.75. The topological polar surface area (TPSA) is 102 Å². The third kappa shape index (κ3) is 2.51. The summed E-state index contributed by atoms with van der Waals surface area (Å²) in [5, 5.41) is 9.24. The second-order valence-corrected chi connectivity index (χ2v) is 6.12. The number of fused-ring (bicyclic) bond motifs is 3. The number of hydrogen-bond acceptors (Lipinski definition) is 6. The van der Waals surface area contributed by atoms with Crippen molar-refractivity contribution < 1.29 is 9.53 Å². The first-order valence-corrected chi connectivity index (χ1v) is 7.90. The molecule has 0 saturated heterocycles. The number of allylic oxidation sites excluding steroid dienone is 2. The average Bonchev–Trinajstić information content (AvgIpc) is 2.57. The van der Waals surface area contributed by atoms with E-state index in [9.17, 15) is 10.1 Å². The number of methoxy groups -OCH3 is 1. The number of nitriles is 1. The normalized spacial score (nSPS) is 25.9. The van der Waals surface area contributed by atoms with Gasteiger partial charge in [0.1, 0.15) is 11.9 Å². The van der Waals surface area contributed by atoms with Crippen LogP contribution in [0.5, 0.6) is 5.88 Å². The Balaban J connectivity index is 2.15. The molecule has 0 amide bonds. The second kappa shape index (κ2) is 6.09. The van der Waals surface area contributed by atoms with Crippen molar-refractivity contribution in [2.24, 2.45) is 17.6 Å². The van der Waals surface area contributed by atoms with Crippen LogP contribution < -0.4 is 10.5 Å². The molecule has 23 heavy (non-hydrogen) atoms. The Hall–Kier alpha value is -2.26. The van der Waals surface area contributed by atoms with Gasteiger partial charge < -0.3 is 10.5 Å². The van der Waals surface area contributed by atoms with Gasteiger partial charge in [0.15, 0.2) is 5.78 Å². The minimum Gasteiger partial charge on any atom is -0.481 e. The number of nitrogens with two attached hydrogens (primary N) is 1. The number of ether oxygens (including phenoxy) is 1. The van der Waals surface area contributed by atoms with Crippen molar-refractivity contribution in [1.29, 1.82) is 5.26 Å². The van der Waals surface area contributed by atoms with E-state index in [1.807, 2.05) is 13.0 Å². The van der Waals surface area contributed by atoms with E-state index < -0.39 is 0 Å². The molecule has 2 N–H and O–H groups in total. The first-order valence-electron chi connectivity index (χ1n) is 7.90. The standard InChI is InChI=1S/C17H20N4O2/c1-9-11-3-4-12-15(13(11)7-10(8-19)16(9)22)20-14(5-6-18)21-17(12)23-2/h7,9,11,13H,3-6,18H2,1-2H3. The summed E-state index contributed by atoms with van der Waals surface area (Å²) < 4.78 is 5.44. The van der Waals surface area contributed by atoms with Crippen LogP contribution in [-0.4, -0.2) is 29.4 Å².